The van der Waals surface area contributed by atoms with E-state index >= 15 is 0 Å². The lowest BCUT2D eigenvalue weighted by atomic mass is 9.97. The summed E-state index contributed by atoms with van der Waals surface area (Å²) < 4.78 is 0. The fraction of sp³-hybridized carbons (Fsp3) is 0.900. The maximum Gasteiger partial charge on any atom is 0.118 e. The maximum atomic E-state index is 9.27. The minimum atomic E-state index is -0.194. The average Bonchev–Trinajstić information content (AvgIpc) is 2.97. The predicted octanol–water partition coefficient (Wildman–Crippen LogP) is 1.77. The van der Waals surface area contributed by atoms with Crippen molar-refractivity contribution < 1.29 is 0 Å². The van der Waals surface area contributed by atoms with Gasteiger partial charge in [0.05, 0.1) is 6.07 Å². The van der Waals surface area contributed by atoms with E-state index in [1.807, 2.05) is 0 Å². The van der Waals surface area contributed by atoms with E-state index in [1.165, 1.54) is 25.7 Å². The van der Waals surface area contributed by atoms with E-state index in [-0.39, 0.29) is 5.54 Å². The molecule has 1 unspecified atom stereocenters. The largest absolute Gasteiger partial charge is 0.296 e. The highest BCUT2D eigenvalue weighted by atomic mass is 32.2. The van der Waals surface area contributed by atoms with Crippen molar-refractivity contribution in [2.24, 2.45) is 5.92 Å². The van der Waals surface area contributed by atoms with Gasteiger partial charge in [-0.2, -0.15) is 17.0 Å². The molecule has 0 aliphatic heterocycles. The Kier molecular flexibility index (Phi) is 2.53. The first-order chi connectivity index (χ1) is 6.30. The van der Waals surface area contributed by atoms with Crippen molar-refractivity contribution in [1.29, 1.82) is 5.26 Å². The van der Waals surface area contributed by atoms with Crippen LogP contribution in [-0.2, 0) is 0 Å². The molecule has 0 bridgehead atoms. The third kappa shape index (κ3) is 2.00. The van der Waals surface area contributed by atoms with Crippen LogP contribution in [0.5, 0.6) is 0 Å². The summed E-state index contributed by atoms with van der Waals surface area (Å²) in [5.41, 5.74) is -0.194. The highest BCUT2D eigenvalue weighted by molar-refractivity contribution is 7.98. The first kappa shape index (κ1) is 9.36. The summed E-state index contributed by atoms with van der Waals surface area (Å²) in [5.74, 6) is 1.58. The van der Waals surface area contributed by atoms with E-state index in [0.29, 0.717) is 12.0 Å². The normalized spacial score (nSPS) is 26.5. The van der Waals surface area contributed by atoms with Gasteiger partial charge in [0.2, 0.25) is 0 Å². The molecule has 2 saturated carbocycles. The number of thioether (sulfide) groups is 1. The van der Waals surface area contributed by atoms with Crippen LogP contribution in [0.1, 0.15) is 25.7 Å². The molecule has 2 aliphatic carbocycles. The third-order valence-electron chi connectivity index (χ3n) is 2.88. The molecule has 1 N–H and O–H groups in total. The summed E-state index contributed by atoms with van der Waals surface area (Å²) in [5, 5.41) is 12.8. The van der Waals surface area contributed by atoms with Crippen molar-refractivity contribution in [2.75, 3.05) is 12.0 Å². The fourth-order valence-corrected chi connectivity index (χ4v) is 2.67. The molecule has 0 aromatic carbocycles. The number of nitrogens with zero attached hydrogens (tertiary/aromatic N) is 1. The van der Waals surface area contributed by atoms with E-state index in [0.717, 1.165) is 5.75 Å². The van der Waals surface area contributed by atoms with Crippen molar-refractivity contribution in [2.45, 2.75) is 37.3 Å². The Morgan fingerprint density at radius 3 is 2.54 bits per heavy atom. The highest BCUT2D eigenvalue weighted by Gasteiger charge is 2.47. The van der Waals surface area contributed by atoms with Crippen LogP contribution in [0.4, 0.5) is 0 Å². The molecule has 0 aromatic rings. The standard InChI is InChI=1S/C10H16N2S/c1-13-7-10(6-11,8-2-3-8)12-9-4-5-9/h8-9,12H,2-5,7H2,1H3. The predicted molar refractivity (Wildman–Crippen MR) is 55.6 cm³/mol. The van der Waals surface area contributed by atoms with Crippen LogP contribution < -0.4 is 5.32 Å². The highest BCUT2D eigenvalue weighted by Crippen LogP contribution is 2.42. The number of nitrogens with one attached hydrogen (secondary N) is 1. The molecule has 0 aromatic heterocycles. The minimum Gasteiger partial charge on any atom is -0.296 e. The Hall–Kier alpha value is -0.200. The lowest BCUT2D eigenvalue weighted by molar-refractivity contribution is 0.402. The quantitative estimate of drug-likeness (QED) is 0.728. The molecule has 0 spiro atoms. The number of nitriles is 1. The molecule has 13 heavy (non-hydrogen) atoms. The van der Waals surface area contributed by atoms with E-state index < -0.39 is 0 Å². The molecule has 1 atom stereocenters. The second kappa shape index (κ2) is 3.51. The monoisotopic (exact) mass is 196 g/mol. The van der Waals surface area contributed by atoms with Crippen LogP contribution in [0.15, 0.2) is 0 Å². The van der Waals surface area contributed by atoms with Crippen molar-refractivity contribution in [3.63, 3.8) is 0 Å². The number of hydrogen-bond donors (Lipinski definition) is 1. The summed E-state index contributed by atoms with van der Waals surface area (Å²) in [6.45, 7) is 0. The topological polar surface area (TPSA) is 35.8 Å². The Morgan fingerprint density at radius 1 is 1.46 bits per heavy atom. The molecule has 0 radical (unpaired) electrons. The lowest BCUT2D eigenvalue weighted by Crippen LogP contribution is -2.49. The minimum absolute atomic E-state index is 0.194. The van der Waals surface area contributed by atoms with Crippen molar-refractivity contribution in [3.8, 4) is 6.07 Å². The van der Waals surface area contributed by atoms with Gasteiger partial charge in [-0.25, -0.2) is 0 Å². The second-order valence-corrected chi connectivity index (χ2v) is 5.08. The summed E-state index contributed by atoms with van der Waals surface area (Å²) >= 11 is 1.79. The van der Waals surface area contributed by atoms with E-state index in [1.54, 1.807) is 11.8 Å². The molecule has 72 valence electrons. The molecule has 0 saturated heterocycles. The maximum absolute atomic E-state index is 9.27. The van der Waals surface area contributed by atoms with Crippen molar-refractivity contribution >= 4 is 11.8 Å². The Labute approximate surface area is 84.1 Å². The van der Waals surface area contributed by atoms with E-state index in [4.69, 9.17) is 0 Å². The van der Waals surface area contributed by atoms with E-state index in [2.05, 4.69) is 17.6 Å². The van der Waals surface area contributed by atoms with Crippen molar-refractivity contribution in [1.82, 2.24) is 5.32 Å². The first-order valence-electron chi connectivity index (χ1n) is 4.98. The molecule has 0 heterocycles. The fourth-order valence-electron chi connectivity index (χ4n) is 1.83. The van der Waals surface area contributed by atoms with Gasteiger partial charge >= 0.3 is 0 Å². The van der Waals surface area contributed by atoms with Gasteiger partial charge in [0, 0.05) is 11.8 Å². The Bertz CT molecular complexity index is 228. The molecule has 2 fully saturated rings. The molecular weight excluding hydrogens is 180 g/mol. The molecular formula is C10H16N2S. The van der Waals surface area contributed by atoms with Gasteiger partial charge in [0.15, 0.2) is 0 Å². The summed E-state index contributed by atoms with van der Waals surface area (Å²) in [7, 11) is 0. The van der Waals surface area contributed by atoms with Gasteiger partial charge in [-0.05, 0) is 37.9 Å². The molecule has 3 heteroatoms. The number of rotatable bonds is 5. The van der Waals surface area contributed by atoms with Gasteiger partial charge in [-0.1, -0.05) is 0 Å². The molecule has 0 amide bonds. The second-order valence-electron chi connectivity index (χ2n) is 4.21. The van der Waals surface area contributed by atoms with Gasteiger partial charge in [0.25, 0.3) is 0 Å². The zero-order chi connectivity index (χ0) is 9.31. The summed E-state index contributed by atoms with van der Waals surface area (Å²) in [6.07, 6.45) is 7.11. The summed E-state index contributed by atoms with van der Waals surface area (Å²) in [4.78, 5) is 0. The Balaban J connectivity index is 2.01. The third-order valence-corrected chi connectivity index (χ3v) is 3.63. The Morgan fingerprint density at radius 2 is 2.15 bits per heavy atom. The van der Waals surface area contributed by atoms with Gasteiger partial charge in [-0.3, -0.25) is 5.32 Å². The van der Waals surface area contributed by atoms with Crippen molar-refractivity contribution in [3.05, 3.63) is 0 Å². The van der Waals surface area contributed by atoms with Crippen LogP contribution >= 0.6 is 11.8 Å². The van der Waals surface area contributed by atoms with Crippen LogP contribution in [0.2, 0.25) is 0 Å². The molecule has 2 nitrogen and oxygen atoms in total. The van der Waals surface area contributed by atoms with Gasteiger partial charge in [-0.15, -0.1) is 0 Å². The number of hydrogen-bond acceptors (Lipinski definition) is 3. The van der Waals surface area contributed by atoms with E-state index in [9.17, 15) is 5.26 Å². The van der Waals surface area contributed by atoms with Crippen LogP contribution in [0.3, 0.4) is 0 Å². The average molecular weight is 196 g/mol. The van der Waals surface area contributed by atoms with Gasteiger partial charge < -0.3 is 0 Å². The zero-order valence-corrected chi connectivity index (χ0v) is 8.86. The lowest BCUT2D eigenvalue weighted by Gasteiger charge is -2.27. The zero-order valence-electron chi connectivity index (χ0n) is 8.05. The van der Waals surface area contributed by atoms with Crippen LogP contribution in [-0.4, -0.2) is 23.6 Å². The smallest absolute Gasteiger partial charge is 0.118 e. The van der Waals surface area contributed by atoms with Crippen LogP contribution in [0.25, 0.3) is 0 Å². The molecule has 2 rings (SSSR count). The van der Waals surface area contributed by atoms with Gasteiger partial charge in [0.1, 0.15) is 5.54 Å². The SMILES string of the molecule is CSCC(C#N)(NC1CC1)C1CC1. The first-order valence-corrected chi connectivity index (χ1v) is 6.38. The molecule has 2 aliphatic rings. The summed E-state index contributed by atoms with van der Waals surface area (Å²) in [6, 6.07) is 3.16. The van der Waals surface area contributed by atoms with Crippen LogP contribution in [0, 0.1) is 17.2 Å².